The van der Waals surface area contributed by atoms with Crippen molar-refractivity contribution in [2.24, 2.45) is 0 Å². The number of likely N-dealkylation sites (tertiary alicyclic amines) is 1. The van der Waals surface area contributed by atoms with Crippen LogP contribution in [0.4, 0.5) is 5.95 Å². The summed E-state index contributed by atoms with van der Waals surface area (Å²) in [7, 11) is 0. The first-order valence-electron chi connectivity index (χ1n) is 14.6. The zero-order chi connectivity index (χ0) is 28.1. The molecule has 5 rings (SSSR count). The second-order valence-electron chi connectivity index (χ2n) is 11.6. The number of hydrogen-bond donors (Lipinski definition) is 1. The minimum atomic E-state index is -0.804. The number of aliphatic hydroxyl groups is 1. The molecule has 10 heteroatoms. The summed E-state index contributed by atoms with van der Waals surface area (Å²) in [6.07, 6.45) is 8.61. The van der Waals surface area contributed by atoms with Gasteiger partial charge in [0.15, 0.2) is 0 Å². The maximum Gasteiger partial charge on any atom is 0.225 e. The number of aromatic nitrogens is 2. The molecular weight excluding hydrogens is 530 g/mol. The van der Waals surface area contributed by atoms with Crippen LogP contribution in [0.3, 0.4) is 0 Å². The molecule has 0 radical (unpaired) electrons. The van der Waals surface area contributed by atoms with Crippen LogP contribution in [0.1, 0.15) is 55.2 Å². The van der Waals surface area contributed by atoms with E-state index in [0.29, 0.717) is 45.6 Å². The molecule has 2 aromatic rings. The lowest BCUT2D eigenvalue weighted by molar-refractivity contribution is -0.158. The second-order valence-corrected chi connectivity index (χ2v) is 12.0. The summed E-state index contributed by atoms with van der Waals surface area (Å²) in [5.41, 5.74) is 2.14. The number of nitrogens with zero attached hydrogens (tertiary/aromatic N) is 5. The van der Waals surface area contributed by atoms with Gasteiger partial charge in [0.25, 0.3) is 0 Å². The first-order valence-corrected chi connectivity index (χ1v) is 15.0. The predicted molar refractivity (Wildman–Crippen MR) is 155 cm³/mol. The van der Waals surface area contributed by atoms with E-state index in [1.165, 1.54) is 19.3 Å². The van der Waals surface area contributed by atoms with E-state index in [1.807, 2.05) is 43.3 Å². The van der Waals surface area contributed by atoms with Gasteiger partial charge < -0.3 is 24.4 Å². The number of amides is 1. The number of anilines is 1. The maximum atomic E-state index is 13.4. The molecule has 1 aromatic carbocycles. The average Bonchev–Trinajstić information content (AvgIpc) is 2.96. The van der Waals surface area contributed by atoms with Crippen molar-refractivity contribution in [1.82, 2.24) is 19.8 Å². The lowest BCUT2D eigenvalue weighted by Gasteiger charge is -2.43. The lowest BCUT2D eigenvalue weighted by atomic mass is 9.95. The van der Waals surface area contributed by atoms with Gasteiger partial charge in [0.2, 0.25) is 11.9 Å². The fourth-order valence-corrected chi connectivity index (χ4v) is 6.06. The molecule has 1 aromatic heterocycles. The van der Waals surface area contributed by atoms with Gasteiger partial charge in [-0.2, -0.15) is 0 Å². The van der Waals surface area contributed by atoms with Crippen molar-refractivity contribution in [3.8, 4) is 5.75 Å². The number of hydrogen-bond acceptors (Lipinski definition) is 8. The number of piperidine rings is 2. The normalized spacial score (nSPS) is 22.9. The van der Waals surface area contributed by atoms with Crippen LogP contribution >= 0.6 is 11.6 Å². The van der Waals surface area contributed by atoms with E-state index >= 15 is 0 Å². The summed E-state index contributed by atoms with van der Waals surface area (Å²) in [4.78, 5) is 29.2. The van der Waals surface area contributed by atoms with E-state index in [1.54, 1.807) is 0 Å². The Morgan fingerprint density at radius 1 is 1.07 bits per heavy atom. The van der Waals surface area contributed by atoms with Gasteiger partial charge in [0, 0.05) is 68.8 Å². The Morgan fingerprint density at radius 2 is 1.75 bits per heavy atom. The number of ether oxygens (including phenoxy) is 2. The van der Waals surface area contributed by atoms with Crippen molar-refractivity contribution in [2.45, 2.75) is 70.6 Å². The largest absolute Gasteiger partial charge is 0.490 e. The molecule has 0 bridgehead atoms. The third-order valence-electron chi connectivity index (χ3n) is 8.27. The van der Waals surface area contributed by atoms with Crippen molar-refractivity contribution < 1.29 is 19.4 Å². The number of halogens is 1. The molecule has 3 fully saturated rings. The molecule has 3 saturated heterocycles. The Morgan fingerprint density at radius 3 is 2.42 bits per heavy atom. The molecule has 4 heterocycles. The molecule has 3 aliphatic rings. The van der Waals surface area contributed by atoms with Crippen LogP contribution in [-0.2, 0) is 16.1 Å². The molecule has 1 amide bonds. The topological polar surface area (TPSA) is 91.3 Å². The van der Waals surface area contributed by atoms with Crippen LogP contribution in [0.2, 0.25) is 5.02 Å². The molecule has 40 heavy (non-hydrogen) atoms. The second kappa shape index (κ2) is 13.0. The fraction of sp³-hybridized carbons (Fsp3) is 0.633. The molecule has 218 valence electrons. The molecular formula is C30H42ClN5O4. The summed E-state index contributed by atoms with van der Waals surface area (Å²) in [5, 5.41) is 10.6. The van der Waals surface area contributed by atoms with Gasteiger partial charge in [-0.05, 0) is 69.2 Å². The molecule has 0 unspecified atom stereocenters. The van der Waals surface area contributed by atoms with Crippen LogP contribution in [0.25, 0.3) is 0 Å². The highest BCUT2D eigenvalue weighted by molar-refractivity contribution is 6.32. The number of benzene rings is 1. The average molecular weight is 572 g/mol. The monoisotopic (exact) mass is 571 g/mol. The summed E-state index contributed by atoms with van der Waals surface area (Å²) in [6.45, 7) is 9.81. The fourth-order valence-electron chi connectivity index (χ4n) is 5.96. The highest BCUT2D eigenvalue weighted by Crippen LogP contribution is 2.30. The van der Waals surface area contributed by atoms with E-state index in [9.17, 15) is 9.90 Å². The number of rotatable bonds is 8. The first kappa shape index (κ1) is 29.0. The van der Waals surface area contributed by atoms with Gasteiger partial charge in [0.05, 0.1) is 19.1 Å². The standard InChI is InChI=1S/C30H42ClN5O4/c1-22-14-26(15-23(2)28(22)31)39-21-30(16-27(38)35-10-6-25(37)7-11-35)20-34(12-13-40-30)19-24-17-32-29(33-18-24)36-8-4-3-5-9-36/h14-15,17-18,25,37H,3-13,16,19-21H2,1-2H3/t30-/m1/s1. The molecule has 1 N–H and O–H groups in total. The van der Waals surface area contributed by atoms with Crippen LogP contribution in [0.5, 0.6) is 5.75 Å². The lowest BCUT2D eigenvalue weighted by Crippen LogP contribution is -2.57. The summed E-state index contributed by atoms with van der Waals surface area (Å²) in [5.74, 6) is 1.56. The SMILES string of the molecule is Cc1cc(OC[C@@]2(CC(=O)N3CCC(O)CC3)CN(Cc3cnc(N4CCCCC4)nc3)CCO2)cc(C)c1Cl. The van der Waals surface area contributed by atoms with E-state index in [2.05, 4.69) is 19.8 Å². The molecule has 0 aliphatic carbocycles. The zero-order valence-electron chi connectivity index (χ0n) is 23.8. The number of carbonyl (C=O) groups is 1. The quantitative estimate of drug-likeness (QED) is 0.512. The maximum absolute atomic E-state index is 13.4. The molecule has 0 spiro atoms. The van der Waals surface area contributed by atoms with Crippen LogP contribution in [-0.4, -0.2) is 95.0 Å². The molecule has 1 atom stereocenters. The Bertz CT molecular complexity index is 1130. The first-order chi connectivity index (χ1) is 19.3. The van der Waals surface area contributed by atoms with E-state index in [-0.39, 0.29) is 25.0 Å². The molecule has 9 nitrogen and oxygen atoms in total. The van der Waals surface area contributed by atoms with E-state index < -0.39 is 5.60 Å². The van der Waals surface area contributed by atoms with E-state index in [0.717, 1.165) is 53.0 Å². The Balaban J connectivity index is 1.29. The van der Waals surface area contributed by atoms with Crippen molar-refractivity contribution in [3.05, 3.63) is 46.2 Å². The number of morpholine rings is 1. The number of aliphatic hydroxyl groups excluding tert-OH is 1. The number of aryl methyl sites for hydroxylation is 2. The highest BCUT2D eigenvalue weighted by atomic mass is 35.5. The van der Waals surface area contributed by atoms with Crippen LogP contribution in [0.15, 0.2) is 24.5 Å². The van der Waals surface area contributed by atoms with Gasteiger partial charge in [-0.15, -0.1) is 0 Å². The van der Waals surface area contributed by atoms with Crippen molar-refractivity contribution >= 4 is 23.5 Å². The summed E-state index contributed by atoms with van der Waals surface area (Å²) >= 11 is 6.37. The molecule has 3 aliphatic heterocycles. The van der Waals surface area contributed by atoms with Gasteiger partial charge >= 0.3 is 0 Å². The van der Waals surface area contributed by atoms with Crippen molar-refractivity contribution in [3.63, 3.8) is 0 Å². The summed E-state index contributed by atoms with van der Waals surface area (Å²) < 4.78 is 12.7. The van der Waals surface area contributed by atoms with Crippen molar-refractivity contribution in [1.29, 1.82) is 0 Å². The highest BCUT2D eigenvalue weighted by Gasteiger charge is 2.41. The van der Waals surface area contributed by atoms with Crippen LogP contribution < -0.4 is 9.64 Å². The Labute approximate surface area is 242 Å². The molecule has 0 saturated carbocycles. The minimum absolute atomic E-state index is 0.0371. The van der Waals surface area contributed by atoms with E-state index in [4.69, 9.17) is 21.1 Å². The third kappa shape index (κ3) is 7.24. The Hall–Kier alpha value is -2.46. The van der Waals surface area contributed by atoms with Crippen LogP contribution in [0, 0.1) is 13.8 Å². The van der Waals surface area contributed by atoms with Gasteiger partial charge in [0.1, 0.15) is 18.0 Å². The van der Waals surface area contributed by atoms with Gasteiger partial charge in [-0.25, -0.2) is 9.97 Å². The third-order valence-corrected chi connectivity index (χ3v) is 8.86. The minimum Gasteiger partial charge on any atom is -0.490 e. The van der Waals surface area contributed by atoms with Gasteiger partial charge in [-0.3, -0.25) is 9.69 Å². The summed E-state index contributed by atoms with van der Waals surface area (Å²) in [6, 6.07) is 3.86. The van der Waals surface area contributed by atoms with Crippen molar-refractivity contribution in [2.75, 3.05) is 57.4 Å². The van der Waals surface area contributed by atoms with Gasteiger partial charge in [-0.1, -0.05) is 11.6 Å². The Kier molecular flexibility index (Phi) is 9.45. The zero-order valence-corrected chi connectivity index (χ0v) is 24.5. The predicted octanol–water partition coefficient (Wildman–Crippen LogP) is 3.76. The smallest absolute Gasteiger partial charge is 0.225 e. The number of carbonyl (C=O) groups excluding carboxylic acids is 1.